The number of nitrogens with zero attached hydrogens (tertiary/aromatic N) is 1. The lowest BCUT2D eigenvalue weighted by atomic mass is 9.97. The number of esters is 1. The maximum atomic E-state index is 13.4. The summed E-state index contributed by atoms with van der Waals surface area (Å²) in [6.07, 6.45) is 1.85. The van der Waals surface area contributed by atoms with Crippen LogP contribution in [-0.4, -0.2) is 43.7 Å². The van der Waals surface area contributed by atoms with Gasteiger partial charge in [0.15, 0.2) is 0 Å². The van der Waals surface area contributed by atoms with E-state index in [-0.39, 0.29) is 12.5 Å². The summed E-state index contributed by atoms with van der Waals surface area (Å²) in [5.41, 5.74) is 5.29. The van der Waals surface area contributed by atoms with E-state index < -0.39 is 5.97 Å². The summed E-state index contributed by atoms with van der Waals surface area (Å²) in [7, 11) is 1.55. The van der Waals surface area contributed by atoms with Gasteiger partial charge in [-0.1, -0.05) is 15.9 Å². The number of H-pyrrole nitrogens is 1. The number of aromatic amines is 1. The first-order valence-corrected chi connectivity index (χ1v) is 10.1. The fourth-order valence-corrected chi connectivity index (χ4v) is 4.44. The van der Waals surface area contributed by atoms with Crippen LogP contribution < -0.4 is 4.90 Å². The fourth-order valence-electron chi connectivity index (χ4n) is 3.82. The van der Waals surface area contributed by atoms with Crippen molar-refractivity contribution in [3.8, 4) is 0 Å². The van der Waals surface area contributed by atoms with Crippen LogP contribution in [0.5, 0.6) is 0 Å². The second-order valence-corrected chi connectivity index (χ2v) is 7.96. The number of aryl methyl sites for hydroxylation is 3. The Balaban J connectivity index is 1.93. The van der Waals surface area contributed by atoms with Gasteiger partial charge in [0.05, 0.1) is 17.9 Å². The van der Waals surface area contributed by atoms with Crippen molar-refractivity contribution in [1.29, 1.82) is 0 Å². The zero-order valence-corrected chi connectivity index (χ0v) is 18.2. The van der Waals surface area contributed by atoms with E-state index in [0.717, 1.165) is 34.1 Å². The first-order chi connectivity index (χ1) is 13.3. The summed E-state index contributed by atoms with van der Waals surface area (Å²) < 4.78 is 11.2. The standard InChI is InChI=1S/C21H25BrN2O4/c1-12-10-16(22)11-15-6-5-7-24(19(12)15)20(25)18-13(2)17(14(3)23-18)21(26)28-9-8-27-4/h10-11,23H,5-9H2,1-4H3. The molecule has 1 aliphatic rings. The van der Waals surface area contributed by atoms with Gasteiger partial charge in [0.25, 0.3) is 5.91 Å². The third kappa shape index (κ3) is 3.86. The molecule has 7 heteroatoms. The maximum Gasteiger partial charge on any atom is 0.340 e. The van der Waals surface area contributed by atoms with Crippen LogP contribution in [0.2, 0.25) is 0 Å². The molecule has 28 heavy (non-hydrogen) atoms. The first kappa shape index (κ1) is 20.6. The number of carbonyl (C=O) groups is 2. The highest BCUT2D eigenvalue weighted by Gasteiger charge is 2.30. The molecule has 0 atom stereocenters. The Hall–Kier alpha value is -2.12. The number of ether oxygens (including phenoxy) is 2. The van der Waals surface area contributed by atoms with E-state index in [4.69, 9.17) is 9.47 Å². The summed E-state index contributed by atoms with van der Waals surface area (Å²) >= 11 is 3.54. The van der Waals surface area contributed by atoms with Gasteiger partial charge in [0.2, 0.25) is 0 Å². The molecule has 6 nitrogen and oxygen atoms in total. The molecule has 0 aliphatic carbocycles. The predicted molar refractivity (Wildman–Crippen MR) is 111 cm³/mol. The van der Waals surface area contributed by atoms with Crippen LogP contribution in [0.25, 0.3) is 0 Å². The van der Waals surface area contributed by atoms with Crippen molar-refractivity contribution in [2.45, 2.75) is 33.6 Å². The molecule has 1 aromatic carbocycles. The quantitative estimate of drug-likeness (QED) is 0.551. The highest BCUT2D eigenvalue weighted by molar-refractivity contribution is 9.10. The third-order valence-corrected chi connectivity index (χ3v) is 5.52. The largest absolute Gasteiger partial charge is 0.460 e. The zero-order valence-electron chi connectivity index (χ0n) is 16.6. The van der Waals surface area contributed by atoms with E-state index in [9.17, 15) is 9.59 Å². The van der Waals surface area contributed by atoms with E-state index in [1.165, 1.54) is 0 Å². The summed E-state index contributed by atoms with van der Waals surface area (Å²) in [5.74, 6) is -0.565. The number of hydrogen-bond donors (Lipinski definition) is 1. The second-order valence-electron chi connectivity index (χ2n) is 7.04. The lowest BCUT2D eigenvalue weighted by Crippen LogP contribution is -2.36. The molecule has 1 amide bonds. The van der Waals surface area contributed by atoms with Crippen molar-refractivity contribution in [2.24, 2.45) is 0 Å². The van der Waals surface area contributed by atoms with Crippen molar-refractivity contribution in [2.75, 3.05) is 31.8 Å². The number of carbonyl (C=O) groups excluding carboxylic acids is 2. The van der Waals surface area contributed by atoms with E-state index in [1.807, 2.05) is 17.9 Å². The zero-order chi connectivity index (χ0) is 20.4. The van der Waals surface area contributed by atoms with Gasteiger partial charge in [0, 0.05) is 23.8 Å². The second kappa shape index (κ2) is 8.49. The Bertz CT molecular complexity index is 920. The van der Waals surface area contributed by atoms with Crippen molar-refractivity contribution in [3.05, 3.63) is 50.2 Å². The minimum atomic E-state index is -0.443. The van der Waals surface area contributed by atoms with Crippen LogP contribution in [0.1, 0.15) is 49.7 Å². The van der Waals surface area contributed by atoms with E-state index in [2.05, 4.69) is 27.0 Å². The molecule has 150 valence electrons. The molecule has 1 aliphatic heterocycles. The molecule has 0 radical (unpaired) electrons. The Labute approximate surface area is 173 Å². The number of halogens is 1. The fraction of sp³-hybridized carbons (Fsp3) is 0.429. The lowest BCUT2D eigenvalue weighted by molar-refractivity contribution is 0.0387. The van der Waals surface area contributed by atoms with Gasteiger partial charge in [-0.25, -0.2) is 4.79 Å². The van der Waals surface area contributed by atoms with Crippen LogP contribution in [0, 0.1) is 20.8 Å². The van der Waals surface area contributed by atoms with Crippen molar-refractivity contribution in [3.63, 3.8) is 0 Å². The molecule has 0 fully saturated rings. The van der Waals surface area contributed by atoms with Crippen LogP contribution in [-0.2, 0) is 15.9 Å². The highest BCUT2D eigenvalue weighted by Crippen LogP contribution is 2.35. The Morgan fingerprint density at radius 2 is 1.96 bits per heavy atom. The van der Waals surface area contributed by atoms with Gasteiger partial charge >= 0.3 is 5.97 Å². The molecular formula is C21H25BrN2O4. The topological polar surface area (TPSA) is 71.6 Å². The van der Waals surface area contributed by atoms with Crippen LogP contribution >= 0.6 is 15.9 Å². The summed E-state index contributed by atoms with van der Waals surface area (Å²) in [5, 5.41) is 0. The lowest BCUT2D eigenvalue weighted by Gasteiger charge is -2.31. The molecule has 0 bridgehead atoms. The van der Waals surface area contributed by atoms with Crippen molar-refractivity contribution in [1.82, 2.24) is 4.98 Å². The molecule has 2 heterocycles. The number of amides is 1. The molecule has 0 unspecified atom stereocenters. The Kier molecular flexibility index (Phi) is 6.25. The molecule has 0 spiro atoms. The summed E-state index contributed by atoms with van der Waals surface area (Å²) in [6, 6.07) is 4.10. The number of fused-ring (bicyclic) bond motifs is 1. The average molecular weight is 449 g/mol. The molecule has 1 aromatic heterocycles. The van der Waals surface area contributed by atoms with Crippen LogP contribution in [0.4, 0.5) is 5.69 Å². The molecule has 3 rings (SSSR count). The number of nitrogens with one attached hydrogen (secondary N) is 1. The van der Waals surface area contributed by atoms with Crippen molar-refractivity contribution < 1.29 is 19.1 Å². The predicted octanol–water partition coefficient (Wildman–Crippen LogP) is 4.10. The SMILES string of the molecule is COCCOC(=O)c1c(C)[nH]c(C(=O)N2CCCc3cc(Br)cc(C)c32)c1C. The summed E-state index contributed by atoms with van der Waals surface area (Å²) in [6.45, 7) is 6.74. The minimum Gasteiger partial charge on any atom is -0.460 e. The summed E-state index contributed by atoms with van der Waals surface area (Å²) in [4.78, 5) is 30.7. The third-order valence-electron chi connectivity index (χ3n) is 5.06. The van der Waals surface area contributed by atoms with Gasteiger partial charge in [-0.2, -0.15) is 0 Å². The average Bonchev–Trinajstić information content (AvgIpc) is 2.94. The van der Waals surface area contributed by atoms with Gasteiger partial charge in [-0.05, 0) is 62.4 Å². The highest BCUT2D eigenvalue weighted by atomic mass is 79.9. The first-order valence-electron chi connectivity index (χ1n) is 9.31. The van der Waals surface area contributed by atoms with E-state index in [1.54, 1.807) is 21.0 Å². The molecular weight excluding hydrogens is 424 g/mol. The van der Waals surface area contributed by atoms with E-state index >= 15 is 0 Å². The van der Waals surface area contributed by atoms with Gasteiger partial charge in [-0.3, -0.25) is 4.79 Å². The maximum absolute atomic E-state index is 13.4. The minimum absolute atomic E-state index is 0.122. The normalized spacial score (nSPS) is 13.4. The number of aromatic nitrogens is 1. The molecule has 2 aromatic rings. The van der Waals surface area contributed by atoms with Gasteiger partial charge in [-0.15, -0.1) is 0 Å². The monoisotopic (exact) mass is 448 g/mol. The van der Waals surface area contributed by atoms with Gasteiger partial charge in [0.1, 0.15) is 12.3 Å². The van der Waals surface area contributed by atoms with Gasteiger partial charge < -0.3 is 19.4 Å². The molecule has 1 N–H and O–H groups in total. The molecule has 0 saturated carbocycles. The number of benzene rings is 1. The van der Waals surface area contributed by atoms with E-state index in [0.29, 0.717) is 35.7 Å². The van der Waals surface area contributed by atoms with Crippen LogP contribution in [0.15, 0.2) is 16.6 Å². The Morgan fingerprint density at radius 3 is 2.68 bits per heavy atom. The molecule has 0 saturated heterocycles. The van der Waals surface area contributed by atoms with Crippen molar-refractivity contribution >= 4 is 33.5 Å². The Morgan fingerprint density at radius 1 is 1.21 bits per heavy atom. The smallest absolute Gasteiger partial charge is 0.340 e. The number of methoxy groups -OCH3 is 1. The van der Waals surface area contributed by atoms with Crippen LogP contribution in [0.3, 0.4) is 0 Å². The number of rotatable bonds is 5. The number of hydrogen-bond acceptors (Lipinski definition) is 4. The number of anilines is 1.